The van der Waals surface area contributed by atoms with Gasteiger partial charge in [0.05, 0.1) is 34.4 Å². The van der Waals surface area contributed by atoms with Crippen molar-refractivity contribution in [1.29, 1.82) is 0 Å². The van der Waals surface area contributed by atoms with Crippen LogP contribution in [0, 0.1) is 0 Å². The molecule has 64 heavy (non-hydrogen) atoms. The summed E-state index contributed by atoms with van der Waals surface area (Å²) in [4.78, 5) is 37.1. The SMILES string of the molecule is CC/C=C/C/C=C/C/C=C/C/C=C/C/C=C/C/C=C/CCCCC(=O)OCC(COCCC(C(=O)O)[N+](C)(C)C)OC(=O)CCCCCCCCCCC/C=C/C/C=C/C/C=C/CC. The topological polar surface area (TPSA) is 99.1 Å². The zero-order valence-corrected chi connectivity index (χ0v) is 41.2. The van der Waals surface area contributed by atoms with Crippen molar-refractivity contribution in [3.8, 4) is 0 Å². The lowest BCUT2D eigenvalue weighted by atomic mass is 10.1. The number of hydrogen-bond donors (Lipinski definition) is 1. The molecule has 0 rings (SSSR count). The smallest absolute Gasteiger partial charge is 0.362 e. The van der Waals surface area contributed by atoms with Crippen LogP contribution in [0.15, 0.2) is 109 Å². The second-order valence-corrected chi connectivity index (χ2v) is 17.3. The first-order chi connectivity index (χ1) is 31.1. The van der Waals surface area contributed by atoms with Crippen LogP contribution >= 0.6 is 0 Å². The summed E-state index contributed by atoms with van der Waals surface area (Å²) in [5.41, 5.74) is 0. The fourth-order valence-electron chi connectivity index (χ4n) is 6.64. The zero-order valence-electron chi connectivity index (χ0n) is 41.2. The van der Waals surface area contributed by atoms with Crippen LogP contribution in [0.1, 0.15) is 174 Å². The number of carbonyl (C=O) groups excluding carboxylic acids is 2. The highest BCUT2D eigenvalue weighted by Gasteiger charge is 2.31. The average Bonchev–Trinajstić information content (AvgIpc) is 3.26. The summed E-state index contributed by atoms with van der Waals surface area (Å²) in [5, 5.41) is 9.65. The Balaban J connectivity index is 4.38. The Morgan fingerprint density at radius 2 is 0.828 bits per heavy atom. The summed E-state index contributed by atoms with van der Waals surface area (Å²) in [6, 6.07) is -0.630. The lowest BCUT2D eigenvalue weighted by molar-refractivity contribution is -0.887. The van der Waals surface area contributed by atoms with Gasteiger partial charge in [0.15, 0.2) is 12.1 Å². The molecule has 0 fully saturated rings. The molecule has 0 aliphatic heterocycles. The van der Waals surface area contributed by atoms with E-state index in [2.05, 4.69) is 123 Å². The van der Waals surface area contributed by atoms with E-state index >= 15 is 0 Å². The van der Waals surface area contributed by atoms with E-state index in [4.69, 9.17) is 14.2 Å². The number of hydrogen-bond acceptors (Lipinski definition) is 6. The fraction of sp³-hybridized carbons (Fsp3) is 0.625. The van der Waals surface area contributed by atoms with Gasteiger partial charge in [-0.3, -0.25) is 9.59 Å². The largest absolute Gasteiger partial charge is 0.477 e. The highest BCUT2D eigenvalue weighted by Crippen LogP contribution is 2.14. The van der Waals surface area contributed by atoms with Gasteiger partial charge in [-0.25, -0.2) is 4.79 Å². The van der Waals surface area contributed by atoms with Crippen LogP contribution in [0.3, 0.4) is 0 Å². The van der Waals surface area contributed by atoms with E-state index in [1.807, 2.05) is 21.1 Å². The minimum atomic E-state index is -0.886. The minimum Gasteiger partial charge on any atom is -0.477 e. The van der Waals surface area contributed by atoms with Crippen LogP contribution in [0.25, 0.3) is 0 Å². The Labute approximate surface area is 391 Å². The Hall–Kier alpha value is -4.01. The van der Waals surface area contributed by atoms with Gasteiger partial charge in [0, 0.05) is 19.3 Å². The molecule has 2 atom stereocenters. The van der Waals surface area contributed by atoms with Gasteiger partial charge in [0.25, 0.3) is 0 Å². The van der Waals surface area contributed by atoms with Gasteiger partial charge in [-0.05, 0) is 96.3 Å². The maximum Gasteiger partial charge on any atom is 0.362 e. The van der Waals surface area contributed by atoms with Crippen LogP contribution in [0.5, 0.6) is 0 Å². The average molecular weight is 891 g/mol. The second-order valence-electron chi connectivity index (χ2n) is 17.3. The quantitative estimate of drug-likeness (QED) is 0.0282. The first-order valence-electron chi connectivity index (χ1n) is 24.9. The number of nitrogens with zero attached hydrogens (tertiary/aromatic N) is 1. The standard InChI is InChI=1S/C56H91NO7/c1-6-8-10-12-14-16-18-20-22-24-26-27-29-30-32-34-36-38-40-42-44-46-54(58)63-51-52(50-62-49-48-53(56(60)61)57(3,4)5)64-55(59)47-45-43-41-39-37-35-33-31-28-25-23-21-19-17-15-13-11-9-7-2/h8-11,14-17,20-23,26-27,30,32,36,38,52-53H,6-7,12-13,18-19,24-25,28-29,31,33-35,37,39-51H2,1-5H3/p+1/b10-8+,11-9+,16-14+,17-15+,22-20+,23-21+,27-26+,32-30+,38-36+. The molecule has 0 aromatic rings. The third-order valence-electron chi connectivity index (χ3n) is 10.4. The summed E-state index contributed by atoms with van der Waals surface area (Å²) in [6.45, 7) is 4.45. The maximum absolute atomic E-state index is 12.8. The third-order valence-corrected chi connectivity index (χ3v) is 10.4. The molecule has 0 radical (unpaired) electrons. The molecule has 2 unspecified atom stereocenters. The Morgan fingerprint density at radius 1 is 0.469 bits per heavy atom. The number of aliphatic carboxylic acids is 1. The number of quaternary nitrogens is 1. The number of carboxylic acid groups (broad SMARTS) is 1. The highest BCUT2D eigenvalue weighted by molar-refractivity contribution is 5.72. The van der Waals surface area contributed by atoms with Crippen molar-refractivity contribution in [2.24, 2.45) is 0 Å². The molecule has 0 heterocycles. The molecule has 362 valence electrons. The monoisotopic (exact) mass is 891 g/mol. The van der Waals surface area contributed by atoms with Crippen LogP contribution in [0.2, 0.25) is 0 Å². The Bertz CT molecular complexity index is 1410. The van der Waals surface area contributed by atoms with Crippen molar-refractivity contribution in [3.05, 3.63) is 109 Å². The van der Waals surface area contributed by atoms with Gasteiger partial charge >= 0.3 is 17.9 Å². The van der Waals surface area contributed by atoms with E-state index in [9.17, 15) is 19.5 Å². The molecule has 0 bridgehead atoms. The van der Waals surface area contributed by atoms with Crippen LogP contribution < -0.4 is 0 Å². The molecule has 1 N–H and O–H groups in total. The zero-order chi connectivity index (χ0) is 47.0. The van der Waals surface area contributed by atoms with Crippen molar-refractivity contribution < 1.29 is 38.2 Å². The lowest BCUT2D eigenvalue weighted by Gasteiger charge is -2.31. The predicted molar refractivity (Wildman–Crippen MR) is 270 cm³/mol. The normalized spacial score (nSPS) is 13.8. The van der Waals surface area contributed by atoms with E-state index < -0.39 is 18.1 Å². The van der Waals surface area contributed by atoms with Gasteiger partial charge in [0.1, 0.15) is 6.61 Å². The molecule has 0 amide bonds. The van der Waals surface area contributed by atoms with Gasteiger partial charge < -0.3 is 23.8 Å². The summed E-state index contributed by atoms with van der Waals surface area (Å²) in [6.07, 6.45) is 62.8. The molecule has 0 saturated carbocycles. The number of esters is 2. The van der Waals surface area contributed by atoms with E-state index in [1.165, 1.54) is 38.5 Å². The van der Waals surface area contributed by atoms with Gasteiger partial charge in [-0.2, -0.15) is 0 Å². The molecule has 8 nitrogen and oxygen atoms in total. The fourth-order valence-corrected chi connectivity index (χ4v) is 6.64. The highest BCUT2D eigenvalue weighted by atomic mass is 16.6. The van der Waals surface area contributed by atoms with E-state index in [0.29, 0.717) is 25.7 Å². The van der Waals surface area contributed by atoms with Gasteiger partial charge in [-0.15, -0.1) is 0 Å². The molecule has 8 heteroatoms. The second kappa shape index (κ2) is 45.6. The molecule has 0 spiro atoms. The first kappa shape index (κ1) is 60.0. The van der Waals surface area contributed by atoms with Gasteiger partial charge in [-0.1, -0.05) is 168 Å². The van der Waals surface area contributed by atoms with Crippen molar-refractivity contribution in [2.45, 2.75) is 187 Å². The maximum atomic E-state index is 12.8. The van der Waals surface area contributed by atoms with E-state index in [-0.39, 0.29) is 36.2 Å². The summed E-state index contributed by atoms with van der Waals surface area (Å²) in [5.74, 6) is -1.54. The molecule has 0 aliphatic carbocycles. The summed E-state index contributed by atoms with van der Waals surface area (Å²) >= 11 is 0. The molecular formula is C56H92NO7+. The van der Waals surface area contributed by atoms with E-state index in [1.54, 1.807) is 0 Å². The number of carbonyl (C=O) groups is 3. The molecule has 0 aromatic heterocycles. The predicted octanol–water partition coefficient (Wildman–Crippen LogP) is 14.4. The lowest BCUT2D eigenvalue weighted by Crippen LogP contribution is -2.50. The number of ether oxygens (including phenoxy) is 3. The molecule has 0 aromatic carbocycles. The van der Waals surface area contributed by atoms with Crippen molar-refractivity contribution in [2.75, 3.05) is 41.0 Å². The number of rotatable bonds is 43. The van der Waals surface area contributed by atoms with Crippen molar-refractivity contribution in [3.63, 3.8) is 0 Å². The number of allylic oxidation sites excluding steroid dienone is 18. The number of likely N-dealkylation sites (N-methyl/N-ethyl adjacent to an activating group) is 1. The Morgan fingerprint density at radius 3 is 1.25 bits per heavy atom. The minimum absolute atomic E-state index is 0.0377. The van der Waals surface area contributed by atoms with Crippen LogP contribution in [-0.2, 0) is 28.6 Å². The van der Waals surface area contributed by atoms with Crippen LogP contribution in [0.4, 0.5) is 0 Å². The number of unbranched alkanes of at least 4 members (excludes halogenated alkanes) is 11. The molecule has 0 aliphatic rings. The Kier molecular flexibility index (Phi) is 42.7. The number of carboxylic acids is 1. The summed E-state index contributed by atoms with van der Waals surface area (Å²) in [7, 11) is 5.51. The van der Waals surface area contributed by atoms with Crippen molar-refractivity contribution in [1.82, 2.24) is 0 Å². The summed E-state index contributed by atoms with van der Waals surface area (Å²) < 4.78 is 17.3. The third kappa shape index (κ3) is 43.3. The van der Waals surface area contributed by atoms with Gasteiger partial charge in [0.2, 0.25) is 0 Å². The molecular weight excluding hydrogens is 799 g/mol. The van der Waals surface area contributed by atoms with E-state index in [0.717, 1.165) is 96.3 Å². The van der Waals surface area contributed by atoms with Crippen LogP contribution in [-0.4, -0.2) is 80.6 Å². The van der Waals surface area contributed by atoms with Crippen molar-refractivity contribution >= 4 is 17.9 Å². The molecule has 0 saturated heterocycles. The first-order valence-corrected chi connectivity index (χ1v) is 24.9.